The lowest BCUT2D eigenvalue weighted by atomic mass is 10.1. The second-order valence-corrected chi connectivity index (χ2v) is 7.69. The molecule has 8 heteroatoms. The van der Waals surface area contributed by atoms with Crippen molar-refractivity contribution in [2.75, 3.05) is 24.9 Å². The highest BCUT2D eigenvalue weighted by Crippen LogP contribution is 2.18. The maximum atomic E-state index is 13.3. The van der Waals surface area contributed by atoms with E-state index in [1.54, 1.807) is 20.3 Å². The van der Waals surface area contributed by atoms with Gasteiger partial charge in [-0.3, -0.25) is 4.79 Å². The van der Waals surface area contributed by atoms with Crippen LogP contribution in [0.25, 0.3) is 0 Å². The smallest absolute Gasteiger partial charge is 0.281 e. The minimum atomic E-state index is -0.250. The maximum Gasteiger partial charge on any atom is 0.281 e. The van der Waals surface area contributed by atoms with E-state index in [0.29, 0.717) is 30.5 Å². The van der Waals surface area contributed by atoms with Crippen LogP contribution in [0.2, 0.25) is 0 Å². The average Bonchev–Trinajstić information content (AvgIpc) is 3.30. The zero-order valence-electron chi connectivity index (χ0n) is 19.4. The van der Waals surface area contributed by atoms with E-state index in [2.05, 4.69) is 20.7 Å². The van der Waals surface area contributed by atoms with Crippen LogP contribution >= 0.6 is 0 Å². The van der Waals surface area contributed by atoms with Gasteiger partial charge in [-0.2, -0.15) is 9.67 Å². The second kappa shape index (κ2) is 10.5. The van der Waals surface area contributed by atoms with Crippen LogP contribution in [-0.2, 0) is 13.1 Å². The number of hydrogen-bond donors (Lipinski definition) is 2. The van der Waals surface area contributed by atoms with Crippen molar-refractivity contribution in [3.05, 3.63) is 95.1 Å². The Morgan fingerprint density at radius 1 is 0.824 bits per heavy atom. The first-order valence-corrected chi connectivity index (χ1v) is 10.9. The number of anilines is 2. The van der Waals surface area contributed by atoms with E-state index in [1.807, 2.05) is 73.7 Å². The number of nitrogens with one attached hydrogen (secondary N) is 2. The third-order valence-corrected chi connectivity index (χ3v) is 5.39. The molecule has 0 amide bonds. The van der Waals surface area contributed by atoms with Crippen molar-refractivity contribution in [3.63, 3.8) is 0 Å². The quantitative estimate of drug-likeness (QED) is 0.382. The molecule has 0 aliphatic rings. The fourth-order valence-corrected chi connectivity index (χ4v) is 3.42. The monoisotopic (exact) mass is 457 g/mol. The summed E-state index contributed by atoms with van der Waals surface area (Å²) in [6, 6.07) is 22.8. The summed E-state index contributed by atoms with van der Waals surface area (Å²) in [6.07, 6.45) is 0. The molecule has 2 N–H and O–H groups in total. The normalized spacial score (nSPS) is 10.6. The van der Waals surface area contributed by atoms with Crippen molar-refractivity contribution in [2.45, 2.75) is 20.0 Å². The number of aromatic nitrogens is 3. The van der Waals surface area contributed by atoms with Crippen molar-refractivity contribution in [1.82, 2.24) is 14.8 Å². The standard InChI is InChI=1S/C26H27N5O3/c1-18-6-4-5-7-23(18)24(32)31-26(28-17-20-10-14-22(34-3)15-11-20)29-25(30-31)27-16-19-8-12-21(33-2)13-9-19/h4-15H,16-17H2,1-3H3,(H2,27,28,29,30). The number of methoxy groups -OCH3 is 2. The number of nitrogens with zero attached hydrogens (tertiary/aromatic N) is 3. The van der Waals surface area contributed by atoms with Crippen LogP contribution in [0.15, 0.2) is 72.8 Å². The van der Waals surface area contributed by atoms with Gasteiger partial charge in [0.1, 0.15) is 11.5 Å². The molecular formula is C26H27N5O3. The van der Waals surface area contributed by atoms with Gasteiger partial charge in [0.15, 0.2) is 0 Å². The van der Waals surface area contributed by atoms with Gasteiger partial charge in [-0.1, -0.05) is 42.5 Å². The topological polar surface area (TPSA) is 90.3 Å². The lowest BCUT2D eigenvalue weighted by Crippen LogP contribution is -2.18. The van der Waals surface area contributed by atoms with Gasteiger partial charge in [0.25, 0.3) is 5.91 Å². The molecule has 8 nitrogen and oxygen atoms in total. The van der Waals surface area contributed by atoms with Crippen molar-refractivity contribution in [2.24, 2.45) is 0 Å². The molecule has 34 heavy (non-hydrogen) atoms. The summed E-state index contributed by atoms with van der Waals surface area (Å²) in [5.74, 6) is 2.04. The van der Waals surface area contributed by atoms with Crippen LogP contribution in [-0.4, -0.2) is 34.9 Å². The van der Waals surface area contributed by atoms with Gasteiger partial charge in [-0.15, -0.1) is 5.10 Å². The molecule has 0 bridgehead atoms. The summed E-state index contributed by atoms with van der Waals surface area (Å²) in [5.41, 5.74) is 3.50. The van der Waals surface area contributed by atoms with E-state index < -0.39 is 0 Å². The molecule has 3 aromatic carbocycles. The van der Waals surface area contributed by atoms with E-state index >= 15 is 0 Å². The van der Waals surface area contributed by atoms with E-state index in [9.17, 15) is 4.79 Å². The molecule has 0 fully saturated rings. The molecule has 0 saturated heterocycles. The van der Waals surface area contributed by atoms with E-state index in [0.717, 1.165) is 28.2 Å². The molecule has 0 aliphatic carbocycles. The Morgan fingerprint density at radius 2 is 1.38 bits per heavy atom. The van der Waals surface area contributed by atoms with Gasteiger partial charge in [-0.05, 0) is 53.9 Å². The van der Waals surface area contributed by atoms with E-state index in [4.69, 9.17) is 9.47 Å². The van der Waals surface area contributed by atoms with Gasteiger partial charge >= 0.3 is 0 Å². The Labute approximate surface area is 198 Å². The Morgan fingerprint density at radius 3 is 1.94 bits per heavy atom. The highest BCUT2D eigenvalue weighted by molar-refractivity contribution is 5.98. The minimum Gasteiger partial charge on any atom is -0.497 e. The summed E-state index contributed by atoms with van der Waals surface area (Å²) in [6.45, 7) is 2.88. The molecule has 1 heterocycles. The average molecular weight is 458 g/mol. The van der Waals surface area contributed by atoms with Crippen LogP contribution in [0.4, 0.5) is 11.9 Å². The molecule has 0 radical (unpaired) electrons. The fraction of sp³-hybridized carbons (Fsp3) is 0.192. The number of carbonyl (C=O) groups excluding carboxylic acids is 1. The minimum absolute atomic E-state index is 0.250. The van der Waals surface area contributed by atoms with Gasteiger partial charge in [0.05, 0.1) is 14.2 Å². The Kier molecular flexibility index (Phi) is 7.07. The zero-order chi connectivity index (χ0) is 23.9. The molecular weight excluding hydrogens is 430 g/mol. The first-order chi connectivity index (χ1) is 16.6. The molecule has 4 rings (SSSR count). The zero-order valence-corrected chi connectivity index (χ0v) is 19.4. The molecule has 4 aromatic rings. The van der Waals surface area contributed by atoms with Gasteiger partial charge in [0, 0.05) is 18.7 Å². The summed E-state index contributed by atoms with van der Waals surface area (Å²) >= 11 is 0. The molecule has 1 aromatic heterocycles. The number of benzene rings is 3. The number of aryl methyl sites for hydroxylation is 1. The van der Waals surface area contributed by atoms with Crippen molar-refractivity contribution >= 4 is 17.8 Å². The van der Waals surface area contributed by atoms with Crippen LogP contribution in [0, 0.1) is 6.92 Å². The van der Waals surface area contributed by atoms with Gasteiger partial charge in [-0.25, -0.2) is 0 Å². The summed E-state index contributed by atoms with van der Waals surface area (Å²) in [4.78, 5) is 17.8. The van der Waals surface area contributed by atoms with E-state index in [1.165, 1.54) is 4.68 Å². The second-order valence-electron chi connectivity index (χ2n) is 7.69. The predicted octanol–water partition coefficient (Wildman–Crippen LogP) is 4.52. The molecule has 0 unspecified atom stereocenters. The Balaban J connectivity index is 1.55. The van der Waals surface area contributed by atoms with Crippen molar-refractivity contribution in [3.8, 4) is 11.5 Å². The highest BCUT2D eigenvalue weighted by Gasteiger charge is 2.19. The number of carbonyl (C=O) groups is 1. The van der Waals surface area contributed by atoms with E-state index in [-0.39, 0.29) is 5.91 Å². The SMILES string of the molecule is COc1ccc(CNc2nc(NCc3ccc(OC)cc3)n(C(=O)c3ccccc3C)n2)cc1. The highest BCUT2D eigenvalue weighted by atomic mass is 16.5. The Bertz CT molecular complexity index is 1250. The predicted molar refractivity (Wildman–Crippen MR) is 132 cm³/mol. The van der Waals surface area contributed by atoms with Crippen LogP contribution in [0.3, 0.4) is 0 Å². The first-order valence-electron chi connectivity index (χ1n) is 10.9. The van der Waals surface area contributed by atoms with Crippen LogP contribution in [0.1, 0.15) is 27.0 Å². The molecule has 174 valence electrons. The lowest BCUT2D eigenvalue weighted by molar-refractivity contribution is 0.0947. The van der Waals surface area contributed by atoms with Gasteiger partial charge < -0.3 is 20.1 Å². The number of hydrogen-bond acceptors (Lipinski definition) is 7. The fourth-order valence-electron chi connectivity index (χ4n) is 3.42. The summed E-state index contributed by atoms with van der Waals surface area (Å²) in [7, 11) is 3.27. The number of rotatable bonds is 9. The molecule has 0 spiro atoms. The van der Waals surface area contributed by atoms with Gasteiger partial charge in [0.2, 0.25) is 11.9 Å². The Hall–Kier alpha value is -4.33. The molecule has 0 aliphatic heterocycles. The maximum absolute atomic E-state index is 13.3. The molecule has 0 saturated carbocycles. The first kappa shape index (κ1) is 22.8. The summed E-state index contributed by atoms with van der Waals surface area (Å²) < 4.78 is 11.7. The third-order valence-electron chi connectivity index (χ3n) is 5.39. The summed E-state index contributed by atoms with van der Waals surface area (Å²) in [5, 5.41) is 10.9. The molecule has 0 atom stereocenters. The van der Waals surface area contributed by atoms with Crippen molar-refractivity contribution < 1.29 is 14.3 Å². The van der Waals surface area contributed by atoms with Crippen LogP contribution in [0.5, 0.6) is 11.5 Å². The van der Waals surface area contributed by atoms with Crippen molar-refractivity contribution in [1.29, 1.82) is 0 Å². The number of ether oxygens (including phenoxy) is 2. The third kappa shape index (κ3) is 5.35. The lowest BCUT2D eigenvalue weighted by Gasteiger charge is -2.09. The van der Waals surface area contributed by atoms with Crippen LogP contribution < -0.4 is 20.1 Å². The largest absolute Gasteiger partial charge is 0.497 e.